The normalized spacial score (nSPS) is 14.4. The van der Waals surface area contributed by atoms with Crippen LogP contribution in [0.3, 0.4) is 0 Å². The van der Waals surface area contributed by atoms with Crippen molar-refractivity contribution in [1.82, 2.24) is 10.3 Å². The van der Waals surface area contributed by atoms with Crippen molar-refractivity contribution in [2.24, 2.45) is 0 Å². The molecule has 1 aliphatic rings. The Bertz CT molecular complexity index is 784. The van der Waals surface area contributed by atoms with E-state index < -0.39 is 0 Å². The van der Waals surface area contributed by atoms with E-state index in [2.05, 4.69) is 15.6 Å². The number of carbonyl (C=O) groups excluding carboxylic acids is 2. The van der Waals surface area contributed by atoms with Gasteiger partial charge in [0.1, 0.15) is 5.75 Å². The molecular formula is C21H25N3O3. The SMILES string of the molecule is CCOc1ccc(NC(=O)c2cncc(C(=O)NC3CCCCC3)c2)cc1. The highest BCUT2D eigenvalue weighted by atomic mass is 16.5. The highest BCUT2D eigenvalue weighted by Crippen LogP contribution is 2.19. The van der Waals surface area contributed by atoms with Gasteiger partial charge in [0.05, 0.1) is 17.7 Å². The van der Waals surface area contributed by atoms with Crippen molar-refractivity contribution in [2.75, 3.05) is 11.9 Å². The molecule has 1 aliphatic carbocycles. The van der Waals surface area contributed by atoms with Crippen molar-refractivity contribution < 1.29 is 14.3 Å². The van der Waals surface area contributed by atoms with Gasteiger partial charge in [0.2, 0.25) is 0 Å². The van der Waals surface area contributed by atoms with Crippen molar-refractivity contribution in [3.8, 4) is 5.75 Å². The van der Waals surface area contributed by atoms with Crippen LogP contribution in [0.4, 0.5) is 5.69 Å². The average Bonchev–Trinajstić information content (AvgIpc) is 2.70. The third-order valence-electron chi connectivity index (χ3n) is 4.63. The molecule has 1 saturated carbocycles. The first-order valence-electron chi connectivity index (χ1n) is 9.46. The number of carbonyl (C=O) groups is 2. The molecule has 0 radical (unpaired) electrons. The molecule has 0 saturated heterocycles. The van der Waals surface area contributed by atoms with Crippen molar-refractivity contribution in [3.05, 3.63) is 53.9 Å². The van der Waals surface area contributed by atoms with Gasteiger partial charge in [-0.1, -0.05) is 19.3 Å². The zero-order valence-corrected chi connectivity index (χ0v) is 15.5. The van der Waals surface area contributed by atoms with E-state index in [1.165, 1.54) is 18.8 Å². The van der Waals surface area contributed by atoms with Crippen molar-refractivity contribution in [2.45, 2.75) is 45.1 Å². The van der Waals surface area contributed by atoms with Crippen molar-refractivity contribution in [3.63, 3.8) is 0 Å². The fourth-order valence-corrected chi connectivity index (χ4v) is 3.21. The Morgan fingerprint density at radius 1 is 1.04 bits per heavy atom. The summed E-state index contributed by atoms with van der Waals surface area (Å²) >= 11 is 0. The number of nitrogens with zero attached hydrogens (tertiary/aromatic N) is 1. The third kappa shape index (κ3) is 5.29. The van der Waals surface area contributed by atoms with Gasteiger partial charge in [-0.25, -0.2) is 0 Å². The van der Waals surface area contributed by atoms with Gasteiger partial charge in [-0.05, 0) is 50.1 Å². The molecule has 142 valence electrons. The number of anilines is 1. The maximum Gasteiger partial charge on any atom is 0.257 e. The summed E-state index contributed by atoms with van der Waals surface area (Å²) in [5.41, 5.74) is 1.40. The van der Waals surface area contributed by atoms with Crippen LogP contribution in [0.5, 0.6) is 5.75 Å². The zero-order valence-electron chi connectivity index (χ0n) is 15.5. The second-order valence-corrected chi connectivity index (χ2v) is 6.68. The molecule has 1 heterocycles. The van der Waals surface area contributed by atoms with Crippen LogP contribution in [0, 0.1) is 0 Å². The maximum atomic E-state index is 12.5. The lowest BCUT2D eigenvalue weighted by Gasteiger charge is -2.22. The quantitative estimate of drug-likeness (QED) is 0.814. The summed E-state index contributed by atoms with van der Waals surface area (Å²) in [5, 5.41) is 5.85. The first kappa shape index (κ1) is 18.9. The molecule has 3 rings (SSSR count). The van der Waals surface area contributed by atoms with Crippen molar-refractivity contribution in [1.29, 1.82) is 0 Å². The van der Waals surface area contributed by atoms with Crippen LogP contribution in [-0.2, 0) is 0 Å². The van der Waals surface area contributed by atoms with Crippen LogP contribution in [0.2, 0.25) is 0 Å². The van der Waals surface area contributed by atoms with Crippen LogP contribution in [0.1, 0.15) is 59.7 Å². The molecule has 0 aliphatic heterocycles. The smallest absolute Gasteiger partial charge is 0.257 e. The Hall–Kier alpha value is -2.89. The van der Waals surface area contributed by atoms with E-state index in [1.807, 2.05) is 6.92 Å². The summed E-state index contributed by atoms with van der Waals surface area (Å²) in [5.74, 6) is 0.266. The molecule has 0 spiro atoms. The second kappa shape index (κ2) is 9.16. The van der Waals surface area contributed by atoms with Gasteiger partial charge in [0.15, 0.2) is 0 Å². The minimum absolute atomic E-state index is 0.176. The number of pyridine rings is 1. The highest BCUT2D eigenvalue weighted by molar-refractivity contribution is 6.05. The van der Waals surface area contributed by atoms with E-state index >= 15 is 0 Å². The lowest BCUT2D eigenvalue weighted by Crippen LogP contribution is -2.36. The highest BCUT2D eigenvalue weighted by Gasteiger charge is 2.18. The van der Waals surface area contributed by atoms with E-state index in [-0.39, 0.29) is 17.9 Å². The number of nitrogens with one attached hydrogen (secondary N) is 2. The molecule has 0 unspecified atom stereocenters. The van der Waals surface area contributed by atoms with Gasteiger partial charge < -0.3 is 15.4 Å². The topological polar surface area (TPSA) is 80.3 Å². The molecule has 6 heteroatoms. The van der Waals surface area contributed by atoms with Crippen molar-refractivity contribution >= 4 is 17.5 Å². The number of hydrogen-bond donors (Lipinski definition) is 2. The zero-order chi connectivity index (χ0) is 19.1. The molecule has 2 amide bonds. The second-order valence-electron chi connectivity index (χ2n) is 6.68. The summed E-state index contributed by atoms with van der Waals surface area (Å²) in [6.07, 6.45) is 8.50. The summed E-state index contributed by atoms with van der Waals surface area (Å²) in [4.78, 5) is 29.0. The van der Waals surface area contributed by atoms with Gasteiger partial charge in [-0.2, -0.15) is 0 Å². The number of aromatic nitrogens is 1. The molecule has 1 aromatic heterocycles. The Morgan fingerprint density at radius 2 is 1.70 bits per heavy atom. The van der Waals surface area contributed by atoms with E-state index in [4.69, 9.17) is 4.74 Å². The standard InChI is InChI=1S/C21H25N3O3/c1-2-27-19-10-8-18(9-11-19)24-21(26)16-12-15(13-22-14-16)20(25)23-17-6-4-3-5-7-17/h8-14,17H,2-7H2,1H3,(H,23,25)(H,24,26). The maximum absolute atomic E-state index is 12.5. The van der Waals surface area contributed by atoms with E-state index in [0.29, 0.717) is 23.4 Å². The Balaban J connectivity index is 1.63. The van der Waals surface area contributed by atoms with Gasteiger partial charge >= 0.3 is 0 Å². The molecule has 0 atom stereocenters. The predicted molar refractivity (Wildman–Crippen MR) is 104 cm³/mol. The van der Waals surface area contributed by atoms with Gasteiger partial charge in [0, 0.05) is 24.1 Å². The summed E-state index contributed by atoms with van der Waals surface area (Å²) in [6, 6.07) is 8.94. The molecule has 6 nitrogen and oxygen atoms in total. The largest absolute Gasteiger partial charge is 0.494 e. The van der Waals surface area contributed by atoms with Gasteiger partial charge in [-0.3, -0.25) is 14.6 Å². The van der Waals surface area contributed by atoms with Crippen LogP contribution in [0.25, 0.3) is 0 Å². The van der Waals surface area contributed by atoms with Crippen LogP contribution in [-0.4, -0.2) is 29.4 Å². The van der Waals surface area contributed by atoms with E-state index in [1.54, 1.807) is 30.3 Å². The minimum Gasteiger partial charge on any atom is -0.494 e. The fourth-order valence-electron chi connectivity index (χ4n) is 3.21. The lowest BCUT2D eigenvalue weighted by molar-refractivity contribution is 0.0927. The van der Waals surface area contributed by atoms with Gasteiger partial charge in [-0.15, -0.1) is 0 Å². The Labute approximate surface area is 159 Å². The monoisotopic (exact) mass is 367 g/mol. The Morgan fingerprint density at radius 3 is 2.37 bits per heavy atom. The summed E-state index contributed by atoms with van der Waals surface area (Å²) in [7, 11) is 0. The number of amides is 2. The molecule has 0 bridgehead atoms. The van der Waals surface area contributed by atoms with Crippen LogP contribution < -0.4 is 15.4 Å². The third-order valence-corrected chi connectivity index (χ3v) is 4.63. The number of ether oxygens (including phenoxy) is 1. The number of rotatable bonds is 6. The summed E-state index contributed by atoms with van der Waals surface area (Å²) < 4.78 is 5.39. The first-order valence-corrected chi connectivity index (χ1v) is 9.46. The van der Waals surface area contributed by atoms with E-state index in [9.17, 15) is 9.59 Å². The minimum atomic E-state index is -0.307. The Kier molecular flexibility index (Phi) is 6.41. The van der Waals surface area contributed by atoms with Gasteiger partial charge in [0.25, 0.3) is 11.8 Å². The van der Waals surface area contributed by atoms with E-state index in [0.717, 1.165) is 31.4 Å². The predicted octanol–water partition coefficient (Wildman–Crippen LogP) is 3.80. The first-order chi connectivity index (χ1) is 13.2. The molecule has 2 aromatic rings. The number of benzene rings is 1. The summed E-state index contributed by atoms with van der Waals surface area (Å²) in [6.45, 7) is 2.51. The molecule has 1 aromatic carbocycles. The molecule has 27 heavy (non-hydrogen) atoms. The molecule has 2 N–H and O–H groups in total. The molecular weight excluding hydrogens is 342 g/mol. The number of hydrogen-bond acceptors (Lipinski definition) is 4. The van der Waals surface area contributed by atoms with Crippen LogP contribution in [0.15, 0.2) is 42.7 Å². The fraction of sp³-hybridized carbons (Fsp3) is 0.381. The molecule has 1 fully saturated rings. The van der Waals surface area contributed by atoms with Crippen LogP contribution >= 0.6 is 0 Å². The average molecular weight is 367 g/mol. The lowest BCUT2D eigenvalue weighted by atomic mass is 9.95.